The molecule has 3 heteroatoms. The minimum Gasteiger partial charge on any atom is -0.329 e. The van der Waals surface area contributed by atoms with Crippen LogP contribution < -0.4 is 5.73 Å². The summed E-state index contributed by atoms with van der Waals surface area (Å²) in [6.45, 7) is 8.12. The minimum atomic E-state index is -0.162. The van der Waals surface area contributed by atoms with E-state index in [2.05, 4.69) is 25.7 Å². The molecule has 2 rings (SSSR count). The van der Waals surface area contributed by atoms with Crippen LogP contribution in [-0.4, -0.2) is 24.0 Å². The molecule has 21 heavy (non-hydrogen) atoms. The minimum absolute atomic E-state index is 0.131. The fourth-order valence-electron chi connectivity index (χ4n) is 3.60. The van der Waals surface area contributed by atoms with E-state index in [1.54, 1.807) is 6.07 Å². The fourth-order valence-corrected chi connectivity index (χ4v) is 3.60. The van der Waals surface area contributed by atoms with E-state index in [0.29, 0.717) is 18.5 Å². The first-order valence-electron chi connectivity index (χ1n) is 8.24. The summed E-state index contributed by atoms with van der Waals surface area (Å²) in [4.78, 5) is 2.54. The van der Waals surface area contributed by atoms with Gasteiger partial charge in [0, 0.05) is 25.2 Å². The number of halogens is 1. The highest BCUT2D eigenvalue weighted by atomic mass is 19.1. The number of nitrogens with zero attached hydrogens (tertiary/aromatic N) is 1. The Balaban J connectivity index is 2.31. The van der Waals surface area contributed by atoms with Gasteiger partial charge in [0.25, 0.3) is 0 Å². The molecule has 118 valence electrons. The second kappa shape index (κ2) is 7.37. The van der Waals surface area contributed by atoms with Gasteiger partial charge in [-0.1, -0.05) is 32.8 Å². The van der Waals surface area contributed by atoms with E-state index in [9.17, 15) is 4.39 Å². The van der Waals surface area contributed by atoms with Gasteiger partial charge >= 0.3 is 0 Å². The van der Waals surface area contributed by atoms with Crippen LogP contribution in [0.25, 0.3) is 0 Å². The Hall–Kier alpha value is -0.930. The van der Waals surface area contributed by atoms with Gasteiger partial charge in [-0.3, -0.25) is 4.90 Å². The number of rotatable bonds is 6. The Labute approximate surface area is 128 Å². The van der Waals surface area contributed by atoms with Gasteiger partial charge in [0.2, 0.25) is 0 Å². The number of benzene rings is 1. The van der Waals surface area contributed by atoms with E-state index in [-0.39, 0.29) is 11.9 Å². The molecule has 1 aromatic carbocycles. The van der Waals surface area contributed by atoms with Gasteiger partial charge in [-0.05, 0) is 48.9 Å². The molecule has 1 unspecified atom stereocenters. The van der Waals surface area contributed by atoms with E-state index in [1.807, 2.05) is 6.07 Å². The lowest BCUT2D eigenvalue weighted by molar-refractivity contribution is 0.121. The zero-order chi connectivity index (χ0) is 15.4. The van der Waals surface area contributed by atoms with Crippen LogP contribution in [0.5, 0.6) is 0 Å². The van der Waals surface area contributed by atoms with E-state index >= 15 is 0 Å². The summed E-state index contributed by atoms with van der Waals surface area (Å²) in [5.74, 6) is 0.429. The SMILES string of the molecule is Cc1ccc(F)cc1C(CN)N(CC(C)C)C1CCCC1. The van der Waals surface area contributed by atoms with Crippen LogP contribution in [0.3, 0.4) is 0 Å². The summed E-state index contributed by atoms with van der Waals surface area (Å²) < 4.78 is 13.7. The smallest absolute Gasteiger partial charge is 0.123 e. The maximum absolute atomic E-state index is 13.7. The van der Waals surface area contributed by atoms with Crippen LogP contribution in [0, 0.1) is 18.7 Å². The average Bonchev–Trinajstić information content (AvgIpc) is 2.95. The number of nitrogens with two attached hydrogens (primary N) is 1. The highest BCUT2D eigenvalue weighted by molar-refractivity contribution is 5.30. The summed E-state index contributed by atoms with van der Waals surface area (Å²) >= 11 is 0. The summed E-state index contributed by atoms with van der Waals surface area (Å²) in [5, 5.41) is 0. The number of aryl methyl sites for hydroxylation is 1. The Kier molecular flexibility index (Phi) is 5.77. The molecule has 1 atom stereocenters. The quantitative estimate of drug-likeness (QED) is 0.857. The van der Waals surface area contributed by atoms with E-state index in [4.69, 9.17) is 5.73 Å². The predicted molar refractivity (Wildman–Crippen MR) is 86.7 cm³/mol. The molecule has 1 fully saturated rings. The molecule has 1 aliphatic rings. The van der Waals surface area contributed by atoms with Crippen molar-refractivity contribution in [1.82, 2.24) is 4.90 Å². The van der Waals surface area contributed by atoms with E-state index in [0.717, 1.165) is 17.7 Å². The lowest BCUT2D eigenvalue weighted by Gasteiger charge is -2.38. The van der Waals surface area contributed by atoms with Crippen LogP contribution in [-0.2, 0) is 0 Å². The normalized spacial score (nSPS) is 17.9. The lowest BCUT2D eigenvalue weighted by atomic mass is 9.96. The third-order valence-corrected chi connectivity index (χ3v) is 4.59. The van der Waals surface area contributed by atoms with Crippen LogP contribution in [0.2, 0.25) is 0 Å². The van der Waals surface area contributed by atoms with Gasteiger partial charge in [-0.25, -0.2) is 4.39 Å². The second-order valence-electron chi connectivity index (χ2n) is 6.78. The maximum Gasteiger partial charge on any atom is 0.123 e. The van der Waals surface area contributed by atoms with Crippen molar-refractivity contribution in [3.8, 4) is 0 Å². The van der Waals surface area contributed by atoms with Crippen LogP contribution in [0.1, 0.15) is 56.7 Å². The van der Waals surface area contributed by atoms with Crippen molar-refractivity contribution < 1.29 is 4.39 Å². The van der Waals surface area contributed by atoms with Gasteiger partial charge in [0.05, 0.1) is 0 Å². The Morgan fingerprint density at radius 2 is 1.95 bits per heavy atom. The molecule has 2 nitrogen and oxygen atoms in total. The predicted octanol–water partition coefficient (Wildman–Crippen LogP) is 4.03. The third kappa shape index (κ3) is 4.04. The molecule has 0 aromatic heterocycles. The van der Waals surface area contributed by atoms with Gasteiger partial charge in [-0.15, -0.1) is 0 Å². The molecule has 1 saturated carbocycles. The van der Waals surface area contributed by atoms with Crippen molar-refractivity contribution in [3.63, 3.8) is 0 Å². The summed E-state index contributed by atoms with van der Waals surface area (Å²) in [6.07, 6.45) is 5.10. The van der Waals surface area contributed by atoms with E-state index in [1.165, 1.54) is 31.7 Å². The van der Waals surface area contributed by atoms with Crippen molar-refractivity contribution in [1.29, 1.82) is 0 Å². The van der Waals surface area contributed by atoms with Gasteiger partial charge < -0.3 is 5.73 Å². The molecular formula is C18H29FN2. The molecule has 0 radical (unpaired) electrons. The van der Waals surface area contributed by atoms with Crippen LogP contribution >= 0.6 is 0 Å². The second-order valence-corrected chi connectivity index (χ2v) is 6.78. The number of hydrogen-bond acceptors (Lipinski definition) is 2. The third-order valence-electron chi connectivity index (χ3n) is 4.59. The first kappa shape index (κ1) is 16.4. The Morgan fingerprint density at radius 1 is 1.29 bits per heavy atom. The Bertz CT molecular complexity index is 453. The highest BCUT2D eigenvalue weighted by Crippen LogP contribution is 2.33. The van der Waals surface area contributed by atoms with Crippen molar-refractivity contribution >= 4 is 0 Å². The van der Waals surface area contributed by atoms with Crippen molar-refractivity contribution in [2.45, 2.75) is 58.5 Å². The number of hydrogen-bond donors (Lipinski definition) is 1. The fraction of sp³-hybridized carbons (Fsp3) is 0.667. The van der Waals surface area contributed by atoms with Crippen molar-refractivity contribution in [3.05, 3.63) is 35.1 Å². The maximum atomic E-state index is 13.7. The van der Waals surface area contributed by atoms with Crippen LogP contribution in [0.4, 0.5) is 4.39 Å². The lowest BCUT2D eigenvalue weighted by Crippen LogP contribution is -2.42. The molecular weight excluding hydrogens is 263 g/mol. The van der Waals surface area contributed by atoms with Crippen LogP contribution in [0.15, 0.2) is 18.2 Å². The van der Waals surface area contributed by atoms with Gasteiger partial charge in [0.1, 0.15) is 5.82 Å². The molecule has 2 N–H and O–H groups in total. The molecule has 0 spiro atoms. The summed E-state index contributed by atoms with van der Waals surface area (Å²) in [7, 11) is 0. The zero-order valence-electron chi connectivity index (χ0n) is 13.6. The zero-order valence-corrected chi connectivity index (χ0v) is 13.6. The summed E-state index contributed by atoms with van der Waals surface area (Å²) in [6, 6.07) is 5.81. The molecule has 0 aliphatic heterocycles. The topological polar surface area (TPSA) is 29.3 Å². The first-order chi connectivity index (χ1) is 10.0. The highest BCUT2D eigenvalue weighted by Gasteiger charge is 2.30. The average molecular weight is 292 g/mol. The van der Waals surface area contributed by atoms with E-state index < -0.39 is 0 Å². The Morgan fingerprint density at radius 3 is 2.52 bits per heavy atom. The largest absolute Gasteiger partial charge is 0.329 e. The molecule has 0 saturated heterocycles. The molecule has 1 aromatic rings. The molecule has 0 amide bonds. The molecule has 1 aliphatic carbocycles. The van der Waals surface area contributed by atoms with Gasteiger partial charge in [0.15, 0.2) is 0 Å². The van der Waals surface area contributed by atoms with Crippen molar-refractivity contribution in [2.24, 2.45) is 11.7 Å². The van der Waals surface area contributed by atoms with Crippen molar-refractivity contribution in [2.75, 3.05) is 13.1 Å². The molecule has 0 bridgehead atoms. The first-order valence-corrected chi connectivity index (χ1v) is 8.24. The molecule has 0 heterocycles. The monoisotopic (exact) mass is 292 g/mol. The van der Waals surface area contributed by atoms with Gasteiger partial charge in [-0.2, -0.15) is 0 Å². The summed E-state index contributed by atoms with van der Waals surface area (Å²) in [5.41, 5.74) is 8.30. The standard InChI is InChI=1S/C18H29FN2/c1-13(2)12-21(16-6-4-5-7-16)18(11-20)17-10-15(19)9-8-14(17)3/h8-10,13,16,18H,4-7,11-12,20H2,1-3H3.